The van der Waals surface area contributed by atoms with Gasteiger partial charge in [0, 0.05) is 50.5 Å². The van der Waals surface area contributed by atoms with Gasteiger partial charge in [-0.1, -0.05) is 30.3 Å². The van der Waals surface area contributed by atoms with E-state index in [-0.39, 0.29) is 11.3 Å². The number of nitrogens with one attached hydrogen (secondary N) is 1. The van der Waals surface area contributed by atoms with Crippen LogP contribution in [0.25, 0.3) is 0 Å². The van der Waals surface area contributed by atoms with Gasteiger partial charge in [0.2, 0.25) is 5.91 Å². The molecule has 6 nitrogen and oxygen atoms in total. The minimum absolute atomic E-state index is 0.0998. The number of rotatable bonds is 5. The molecule has 1 aromatic heterocycles. The van der Waals surface area contributed by atoms with Crippen molar-refractivity contribution < 1.29 is 4.79 Å². The quantitative estimate of drug-likeness (QED) is 0.883. The van der Waals surface area contributed by atoms with Crippen LogP contribution in [0.2, 0.25) is 0 Å². The summed E-state index contributed by atoms with van der Waals surface area (Å²) in [6.07, 6.45) is 3.21. The predicted molar refractivity (Wildman–Crippen MR) is 102 cm³/mol. The molecule has 0 radical (unpaired) electrons. The van der Waals surface area contributed by atoms with Crippen LogP contribution in [0.5, 0.6) is 0 Å². The van der Waals surface area contributed by atoms with Crippen LogP contribution in [0.15, 0.2) is 30.3 Å². The van der Waals surface area contributed by atoms with Gasteiger partial charge in [0.1, 0.15) is 5.82 Å². The molecule has 3 heterocycles. The van der Waals surface area contributed by atoms with E-state index in [1.807, 2.05) is 6.92 Å². The minimum Gasteiger partial charge on any atom is -0.341 e. The lowest BCUT2D eigenvalue weighted by molar-refractivity contribution is -0.144. The molecule has 1 amide bonds. The van der Waals surface area contributed by atoms with Gasteiger partial charge >= 0.3 is 0 Å². The van der Waals surface area contributed by atoms with Crippen LogP contribution in [-0.4, -0.2) is 57.1 Å². The second-order valence-electron chi connectivity index (χ2n) is 8.75. The summed E-state index contributed by atoms with van der Waals surface area (Å²) >= 11 is 0. The zero-order valence-corrected chi connectivity index (χ0v) is 15.9. The van der Waals surface area contributed by atoms with Crippen LogP contribution in [0.4, 0.5) is 0 Å². The van der Waals surface area contributed by atoms with E-state index in [0.717, 1.165) is 50.8 Å². The number of hydrogen-bond donors (Lipinski definition) is 1. The van der Waals surface area contributed by atoms with Gasteiger partial charge in [0.15, 0.2) is 5.82 Å². The molecular weight excluding hydrogens is 338 g/mol. The van der Waals surface area contributed by atoms with E-state index < -0.39 is 0 Å². The van der Waals surface area contributed by atoms with E-state index >= 15 is 0 Å². The summed E-state index contributed by atoms with van der Waals surface area (Å²) < 4.78 is 0. The lowest BCUT2D eigenvalue weighted by Crippen LogP contribution is -2.61. The summed E-state index contributed by atoms with van der Waals surface area (Å²) in [5, 5.41) is 7.48. The molecule has 1 aliphatic carbocycles. The highest BCUT2D eigenvalue weighted by atomic mass is 16.2. The van der Waals surface area contributed by atoms with Crippen molar-refractivity contribution in [2.24, 2.45) is 11.3 Å². The molecule has 2 saturated heterocycles. The van der Waals surface area contributed by atoms with Crippen molar-refractivity contribution in [1.82, 2.24) is 25.0 Å². The first-order chi connectivity index (χ1) is 13.1. The minimum atomic E-state index is 0.0998. The van der Waals surface area contributed by atoms with Gasteiger partial charge in [-0.05, 0) is 31.2 Å². The number of hydrogen-bond acceptors (Lipinski definition) is 4. The van der Waals surface area contributed by atoms with E-state index in [2.05, 4.69) is 55.3 Å². The monoisotopic (exact) mass is 365 g/mol. The number of carbonyl (C=O) groups excluding carboxylic acids is 1. The van der Waals surface area contributed by atoms with Crippen molar-refractivity contribution >= 4 is 5.91 Å². The summed E-state index contributed by atoms with van der Waals surface area (Å²) in [7, 11) is 0. The first-order valence-corrected chi connectivity index (χ1v) is 10.0. The van der Waals surface area contributed by atoms with E-state index in [1.54, 1.807) is 0 Å². The first kappa shape index (κ1) is 16.9. The van der Waals surface area contributed by atoms with E-state index in [9.17, 15) is 4.79 Å². The Balaban J connectivity index is 1.32. The summed E-state index contributed by atoms with van der Waals surface area (Å²) in [6.45, 7) is 6.55. The van der Waals surface area contributed by atoms with Gasteiger partial charge in [-0.25, -0.2) is 4.98 Å². The standard InChI is InChI=1S/C21H27N5O/c1-15-22-20(24-23-15)18-11-25(10-17-5-3-2-4-6-17)12-21(18)13-26(14-21)19(27)9-16-7-8-16/h2-6,16,18H,7-14H2,1H3,(H,22,23,24). The molecule has 0 bridgehead atoms. The second-order valence-corrected chi connectivity index (χ2v) is 8.75. The normalized spacial score (nSPS) is 24.3. The topological polar surface area (TPSA) is 65.1 Å². The maximum Gasteiger partial charge on any atom is 0.222 e. The van der Waals surface area contributed by atoms with Crippen LogP contribution in [0.1, 0.15) is 42.4 Å². The molecule has 5 rings (SSSR count). The number of carbonyl (C=O) groups is 1. The Morgan fingerprint density at radius 3 is 2.67 bits per heavy atom. The number of likely N-dealkylation sites (tertiary alicyclic amines) is 2. The zero-order valence-electron chi connectivity index (χ0n) is 15.9. The fourth-order valence-corrected chi connectivity index (χ4v) is 4.81. The van der Waals surface area contributed by atoms with Gasteiger partial charge < -0.3 is 4.90 Å². The SMILES string of the molecule is Cc1nc(C2CN(Cc3ccccc3)CC23CN(C(=O)CC2CC2)C3)n[nH]1. The lowest BCUT2D eigenvalue weighted by Gasteiger charge is -2.50. The average Bonchev–Trinajstić information content (AvgIpc) is 3.20. The third kappa shape index (κ3) is 3.27. The van der Waals surface area contributed by atoms with Crippen LogP contribution >= 0.6 is 0 Å². The molecule has 2 aromatic rings. The fourth-order valence-electron chi connectivity index (χ4n) is 4.81. The fraction of sp³-hybridized carbons (Fsp3) is 0.571. The number of H-pyrrole nitrogens is 1. The Morgan fingerprint density at radius 1 is 1.22 bits per heavy atom. The van der Waals surface area contributed by atoms with Crippen LogP contribution in [-0.2, 0) is 11.3 Å². The Hall–Kier alpha value is -2.21. The molecule has 6 heteroatoms. The molecule has 2 aliphatic heterocycles. The third-order valence-electron chi connectivity index (χ3n) is 6.42. The first-order valence-electron chi connectivity index (χ1n) is 10.0. The average molecular weight is 365 g/mol. The zero-order chi connectivity index (χ0) is 18.4. The summed E-state index contributed by atoms with van der Waals surface area (Å²) in [5.41, 5.74) is 1.43. The number of nitrogens with zero attached hydrogens (tertiary/aromatic N) is 4. The maximum atomic E-state index is 12.5. The summed E-state index contributed by atoms with van der Waals surface area (Å²) in [4.78, 5) is 21.7. The van der Waals surface area contributed by atoms with Crippen molar-refractivity contribution in [1.29, 1.82) is 0 Å². The van der Waals surface area contributed by atoms with Gasteiger partial charge in [-0.3, -0.25) is 14.8 Å². The smallest absolute Gasteiger partial charge is 0.222 e. The Morgan fingerprint density at radius 2 is 2.00 bits per heavy atom. The predicted octanol–water partition coefficient (Wildman–Crippen LogP) is 2.34. The Bertz CT molecular complexity index is 822. The second kappa shape index (κ2) is 6.44. The number of amides is 1. The van der Waals surface area contributed by atoms with Crippen LogP contribution < -0.4 is 0 Å². The molecule has 142 valence electrons. The number of aryl methyl sites for hydroxylation is 1. The molecule has 1 saturated carbocycles. The van der Waals surface area contributed by atoms with Gasteiger partial charge in [0.25, 0.3) is 0 Å². The molecule has 3 aliphatic rings. The molecule has 1 aromatic carbocycles. The summed E-state index contributed by atoms with van der Waals surface area (Å²) in [5.74, 6) is 3.06. The number of benzene rings is 1. The van der Waals surface area contributed by atoms with E-state index in [0.29, 0.717) is 11.8 Å². The number of aromatic nitrogens is 3. The van der Waals surface area contributed by atoms with Crippen LogP contribution in [0, 0.1) is 18.3 Å². The van der Waals surface area contributed by atoms with E-state index in [4.69, 9.17) is 0 Å². The molecule has 3 fully saturated rings. The van der Waals surface area contributed by atoms with Gasteiger partial charge in [0.05, 0.1) is 0 Å². The highest BCUT2D eigenvalue weighted by Gasteiger charge is 2.57. The van der Waals surface area contributed by atoms with Crippen molar-refractivity contribution in [3.05, 3.63) is 47.5 Å². The molecule has 1 N–H and O–H groups in total. The van der Waals surface area contributed by atoms with Gasteiger partial charge in [-0.2, -0.15) is 5.10 Å². The molecule has 27 heavy (non-hydrogen) atoms. The highest BCUT2D eigenvalue weighted by molar-refractivity contribution is 5.78. The molecular formula is C21H27N5O. The van der Waals surface area contributed by atoms with Crippen molar-refractivity contribution in [3.8, 4) is 0 Å². The van der Waals surface area contributed by atoms with Crippen molar-refractivity contribution in [3.63, 3.8) is 0 Å². The molecule has 1 unspecified atom stereocenters. The Kier molecular flexibility index (Phi) is 4.04. The molecule has 1 atom stereocenters. The maximum absolute atomic E-state index is 12.5. The van der Waals surface area contributed by atoms with Crippen molar-refractivity contribution in [2.45, 2.75) is 38.6 Å². The van der Waals surface area contributed by atoms with E-state index in [1.165, 1.54) is 18.4 Å². The largest absolute Gasteiger partial charge is 0.341 e. The lowest BCUT2D eigenvalue weighted by atomic mass is 9.71. The molecule has 1 spiro atoms. The van der Waals surface area contributed by atoms with Crippen molar-refractivity contribution in [2.75, 3.05) is 26.2 Å². The third-order valence-corrected chi connectivity index (χ3v) is 6.42. The Labute approximate surface area is 160 Å². The highest BCUT2D eigenvalue weighted by Crippen LogP contribution is 2.49. The number of aromatic amines is 1. The van der Waals surface area contributed by atoms with Crippen LogP contribution in [0.3, 0.4) is 0 Å². The van der Waals surface area contributed by atoms with Gasteiger partial charge in [-0.15, -0.1) is 0 Å². The summed E-state index contributed by atoms with van der Waals surface area (Å²) in [6, 6.07) is 10.6.